The van der Waals surface area contributed by atoms with Crippen molar-refractivity contribution in [3.63, 3.8) is 0 Å². The van der Waals surface area contributed by atoms with E-state index in [1.165, 1.54) is 32.0 Å². The van der Waals surface area contributed by atoms with Crippen molar-refractivity contribution in [2.75, 3.05) is 25.2 Å². The van der Waals surface area contributed by atoms with E-state index >= 15 is 0 Å². The van der Waals surface area contributed by atoms with Gasteiger partial charge in [-0.15, -0.1) is 11.8 Å². The molecular weight excluding hydrogens is 461 g/mol. The summed E-state index contributed by atoms with van der Waals surface area (Å²) in [7, 11) is 1.26. The number of ether oxygens (including phenoxy) is 1. The van der Waals surface area contributed by atoms with Crippen LogP contribution in [0.1, 0.15) is 11.8 Å². The monoisotopic (exact) mass is 477 g/mol. The number of nitrogens with zero attached hydrogens (tertiary/aromatic N) is 3. The number of amides is 2. The van der Waals surface area contributed by atoms with Crippen LogP contribution in [0.15, 0.2) is 22.6 Å². The Morgan fingerprint density at radius 1 is 1.45 bits per heavy atom. The number of carboxylic acids is 1. The predicted molar refractivity (Wildman–Crippen MR) is 104 cm³/mol. The van der Waals surface area contributed by atoms with Gasteiger partial charge in [-0.05, 0) is 0 Å². The summed E-state index contributed by atoms with van der Waals surface area (Å²) < 4.78 is 4.85. The van der Waals surface area contributed by atoms with Crippen molar-refractivity contribution in [2.45, 2.75) is 18.3 Å². The van der Waals surface area contributed by atoms with Crippen molar-refractivity contribution in [3.05, 3.63) is 22.3 Å². The number of nitrogens with one attached hydrogen (secondary N) is 1. The van der Waals surface area contributed by atoms with Crippen LogP contribution in [-0.4, -0.2) is 70.2 Å². The molecule has 0 aliphatic carbocycles. The first kappa shape index (κ1) is 25.1. The molecule has 2 amide bonds. The molecule has 3 heterocycles. The third kappa shape index (κ3) is 5.20. The second kappa shape index (κ2) is 10.5. The van der Waals surface area contributed by atoms with Crippen LogP contribution in [0.5, 0.6) is 0 Å². The Balaban J connectivity index is 0.00000341. The van der Waals surface area contributed by atoms with Crippen molar-refractivity contribution >= 4 is 57.7 Å². The maximum absolute atomic E-state index is 12.7. The molecule has 12 nitrogen and oxygen atoms in total. The number of hydrogen-bond donors (Lipinski definition) is 2. The Bertz CT molecular complexity index is 979. The fourth-order valence-corrected chi connectivity index (χ4v) is 4.86. The van der Waals surface area contributed by atoms with Gasteiger partial charge in [-0.25, -0.2) is 4.98 Å². The summed E-state index contributed by atoms with van der Waals surface area (Å²) in [5.41, 5.74) is 5.35. The molecule has 2 aliphatic heterocycles. The summed E-state index contributed by atoms with van der Waals surface area (Å²) >= 11 is 2.23. The number of aliphatic carboxylic acids is 1. The van der Waals surface area contributed by atoms with Gasteiger partial charge in [0, 0.05) is 24.4 Å². The van der Waals surface area contributed by atoms with Gasteiger partial charge in [0.25, 0.3) is 11.8 Å². The molecule has 0 bridgehead atoms. The maximum atomic E-state index is 12.7. The average molecular weight is 477 g/mol. The van der Waals surface area contributed by atoms with Gasteiger partial charge >= 0.3 is 35.5 Å². The Kier molecular flexibility index (Phi) is 8.48. The minimum atomic E-state index is -1.57. The van der Waals surface area contributed by atoms with Gasteiger partial charge in [0.2, 0.25) is 0 Å². The van der Waals surface area contributed by atoms with E-state index in [0.717, 1.165) is 16.2 Å². The second-order valence-electron chi connectivity index (χ2n) is 6.07. The van der Waals surface area contributed by atoms with E-state index in [9.17, 15) is 24.3 Å². The SMILES string of the molecule is CON=C(C(=O)N[C@@H]1C(=O)N2C(C(=O)[O-])=C(COC(C)=O)CS[C@H]12)c1cnc(N)s1.[Na+]. The van der Waals surface area contributed by atoms with Gasteiger partial charge in [0.1, 0.15) is 25.1 Å². The molecule has 0 unspecified atom stereocenters. The van der Waals surface area contributed by atoms with Crippen molar-refractivity contribution in [1.82, 2.24) is 15.2 Å². The Labute approximate surface area is 206 Å². The molecule has 1 fully saturated rings. The largest absolute Gasteiger partial charge is 1.00 e. The van der Waals surface area contributed by atoms with Gasteiger partial charge in [-0.3, -0.25) is 19.3 Å². The third-order valence-corrected chi connectivity index (χ3v) is 6.30. The zero-order valence-corrected chi connectivity index (χ0v) is 20.4. The van der Waals surface area contributed by atoms with Crippen LogP contribution >= 0.6 is 23.1 Å². The van der Waals surface area contributed by atoms with E-state index in [2.05, 4.69) is 15.5 Å². The molecule has 1 aromatic heterocycles. The molecule has 1 saturated heterocycles. The first-order valence-electron chi connectivity index (χ1n) is 8.39. The van der Waals surface area contributed by atoms with Crippen LogP contribution in [0.25, 0.3) is 0 Å². The van der Waals surface area contributed by atoms with Crippen LogP contribution in [0, 0.1) is 0 Å². The number of carboxylic acid groups (broad SMARTS) is 1. The van der Waals surface area contributed by atoms with Crippen molar-refractivity contribution in [2.24, 2.45) is 5.16 Å². The molecule has 2 aliphatic rings. The topological polar surface area (TPSA) is 176 Å². The number of hydrogen-bond acceptors (Lipinski definition) is 12. The quantitative estimate of drug-likeness (QED) is 0.127. The third-order valence-electron chi connectivity index (χ3n) is 4.13. The van der Waals surface area contributed by atoms with Crippen molar-refractivity contribution < 1.29 is 63.4 Å². The number of nitrogens with two attached hydrogens (primary N) is 1. The maximum Gasteiger partial charge on any atom is 1.00 e. The second-order valence-corrected chi connectivity index (χ2v) is 8.23. The number of nitrogen functional groups attached to an aromatic ring is 1. The zero-order valence-electron chi connectivity index (χ0n) is 16.7. The van der Waals surface area contributed by atoms with E-state index in [4.69, 9.17) is 15.3 Å². The number of β-lactam (4-membered cyclic amide) rings is 1. The summed E-state index contributed by atoms with van der Waals surface area (Å²) in [6.07, 6.45) is 1.35. The minimum absolute atomic E-state index is 0. The van der Waals surface area contributed by atoms with E-state index in [0.29, 0.717) is 4.88 Å². The number of carbonyl (C=O) groups is 4. The van der Waals surface area contributed by atoms with Gasteiger partial charge in [0.15, 0.2) is 10.8 Å². The Morgan fingerprint density at radius 2 is 2.16 bits per heavy atom. The molecule has 3 N–H and O–H groups in total. The fourth-order valence-electron chi connectivity index (χ4n) is 2.87. The summed E-state index contributed by atoms with van der Waals surface area (Å²) in [5, 5.41) is 17.4. The summed E-state index contributed by atoms with van der Waals surface area (Å²) in [6.45, 7) is 0.922. The number of thioether (sulfide) groups is 1. The molecule has 0 aromatic carbocycles. The molecule has 160 valence electrons. The van der Waals surface area contributed by atoms with Crippen LogP contribution in [-0.2, 0) is 28.8 Å². The van der Waals surface area contributed by atoms with Crippen molar-refractivity contribution in [3.8, 4) is 0 Å². The predicted octanol–water partition coefficient (Wildman–Crippen LogP) is -4.95. The molecule has 31 heavy (non-hydrogen) atoms. The number of aromatic nitrogens is 1. The molecule has 15 heteroatoms. The van der Waals surface area contributed by atoms with Gasteiger partial charge in [-0.2, -0.15) is 0 Å². The Hall–Kier alpha value is -2.13. The molecule has 0 radical (unpaired) electrons. The van der Waals surface area contributed by atoms with E-state index < -0.39 is 35.2 Å². The molecule has 0 spiro atoms. The van der Waals surface area contributed by atoms with Crippen LogP contribution in [0.3, 0.4) is 0 Å². The van der Waals surface area contributed by atoms with Crippen LogP contribution in [0.4, 0.5) is 5.13 Å². The van der Waals surface area contributed by atoms with E-state index in [-0.39, 0.29) is 64.0 Å². The number of oxime groups is 1. The standard InChI is InChI=1S/C16H17N5O7S2.Na/c1-6(22)28-4-7-5-29-14-10(13(24)21(14)11(7)15(25)26)19-12(23)9(20-27-2)8-3-18-16(17)30-8;/h3,10,14H,4-5H2,1-2H3,(H2,17,18)(H,19,23)(H,25,26);/q;+1/p-1/t10-,14-;/m1./s1. The summed E-state index contributed by atoms with van der Waals surface area (Å²) in [6, 6.07) is -0.987. The van der Waals surface area contributed by atoms with Gasteiger partial charge < -0.3 is 30.5 Å². The normalized spacial score (nSPS) is 20.3. The molecule has 1 aromatic rings. The Morgan fingerprint density at radius 3 is 2.71 bits per heavy atom. The minimum Gasteiger partial charge on any atom is -0.543 e. The van der Waals surface area contributed by atoms with Gasteiger partial charge in [0.05, 0.1) is 16.5 Å². The smallest absolute Gasteiger partial charge is 0.543 e. The molecule has 2 atom stereocenters. The van der Waals surface area contributed by atoms with E-state index in [1.54, 1.807) is 0 Å². The first-order chi connectivity index (χ1) is 14.2. The molecule has 3 rings (SSSR count). The number of esters is 1. The zero-order chi connectivity index (χ0) is 22.0. The van der Waals surface area contributed by atoms with Crippen LogP contribution < -0.4 is 45.7 Å². The molecular formula is C16H16N5NaO7S2. The van der Waals surface area contributed by atoms with Crippen LogP contribution in [0.2, 0.25) is 0 Å². The number of anilines is 1. The number of thiazole rings is 1. The average Bonchev–Trinajstić information content (AvgIpc) is 3.13. The first-order valence-corrected chi connectivity index (χ1v) is 10.3. The number of carbonyl (C=O) groups excluding carboxylic acids is 4. The van der Waals surface area contributed by atoms with E-state index in [1.807, 2.05) is 0 Å². The summed E-state index contributed by atoms with van der Waals surface area (Å²) in [5.74, 6) is -3.31. The number of rotatable bonds is 7. The fraction of sp³-hybridized carbons (Fsp3) is 0.375. The number of fused-ring (bicyclic) bond motifs is 1. The summed E-state index contributed by atoms with van der Waals surface area (Å²) in [4.78, 5) is 57.8. The van der Waals surface area contributed by atoms with Gasteiger partial charge in [-0.1, -0.05) is 16.5 Å². The van der Waals surface area contributed by atoms with Crippen molar-refractivity contribution in [1.29, 1.82) is 0 Å². The molecule has 0 saturated carbocycles.